The maximum Gasteiger partial charge on any atom is 0.235 e. The fourth-order valence-electron chi connectivity index (χ4n) is 3.43. The highest BCUT2D eigenvalue weighted by Gasteiger charge is 2.32. The normalized spacial score (nSPS) is 16.5. The van der Waals surface area contributed by atoms with E-state index < -0.39 is 16.9 Å². The average molecular weight is 428 g/mol. The number of hydrogen-bond acceptors (Lipinski definition) is 5. The highest BCUT2D eigenvalue weighted by atomic mass is 32.2. The number of carbonyl (C=O) groups is 1. The fourth-order valence-corrected chi connectivity index (χ4v) is 5.57. The van der Waals surface area contributed by atoms with Crippen molar-refractivity contribution >= 4 is 45.0 Å². The lowest BCUT2D eigenvalue weighted by Crippen LogP contribution is -2.15. The second kappa shape index (κ2) is 6.93. The quantitative estimate of drug-likeness (QED) is 0.496. The zero-order valence-electron chi connectivity index (χ0n) is 15.1. The van der Waals surface area contributed by atoms with Crippen molar-refractivity contribution in [1.29, 1.82) is 0 Å². The summed E-state index contributed by atoms with van der Waals surface area (Å²) in [6, 6.07) is 11.2. The topological polar surface area (TPSA) is 59.8 Å². The van der Waals surface area contributed by atoms with E-state index in [1.54, 1.807) is 4.68 Å². The molecule has 146 valence electrons. The number of carbonyl (C=O) groups excluding carboxylic acids is 1. The summed E-state index contributed by atoms with van der Waals surface area (Å²) in [5.74, 6) is -0.861. The van der Waals surface area contributed by atoms with Gasteiger partial charge in [-0.2, -0.15) is 9.78 Å². The van der Waals surface area contributed by atoms with Crippen molar-refractivity contribution in [3.05, 3.63) is 70.9 Å². The molecule has 5 rings (SSSR count). The second-order valence-electron chi connectivity index (χ2n) is 6.63. The molecule has 1 N–H and O–H groups in total. The van der Waals surface area contributed by atoms with Gasteiger partial charge in [0.1, 0.15) is 17.5 Å². The Balaban J connectivity index is 1.70. The number of nitrogens with one attached hydrogen (secondary N) is 1. The maximum absolute atomic E-state index is 14.6. The zero-order chi connectivity index (χ0) is 20.1. The summed E-state index contributed by atoms with van der Waals surface area (Å²) in [5, 5.41) is 7.61. The van der Waals surface area contributed by atoms with Gasteiger partial charge in [0, 0.05) is 17.2 Å². The summed E-state index contributed by atoms with van der Waals surface area (Å²) < 4.78 is 30.6. The number of hydrogen-bond donors (Lipinski definition) is 1. The Hall–Kier alpha value is -2.78. The first-order valence-corrected chi connectivity index (χ1v) is 10.7. The van der Waals surface area contributed by atoms with Gasteiger partial charge in [0.2, 0.25) is 11.0 Å². The van der Waals surface area contributed by atoms with Gasteiger partial charge in [-0.05, 0) is 25.1 Å². The first-order chi connectivity index (χ1) is 14.0. The summed E-state index contributed by atoms with van der Waals surface area (Å²) in [7, 11) is 0. The van der Waals surface area contributed by atoms with E-state index in [0.29, 0.717) is 27.8 Å². The first-order valence-electron chi connectivity index (χ1n) is 8.83. The van der Waals surface area contributed by atoms with E-state index in [1.807, 2.05) is 31.2 Å². The van der Waals surface area contributed by atoms with E-state index in [9.17, 15) is 13.6 Å². The first kappa shape index (κ1) is 18.3. The Bertz CT molecular complexity index is 1230. The van der Waals surface area contributed by atoms with E-state index in [-0.39, 0.29) is 11.7 Å². The number of para-hydroxylation sites is 1. The molecular weight excluding hydrogens is 414 g/mol. The molecule has 0 saturated carbocycles. The van der Waals surface area contributed by atoms with Gasteiger partial charge in [-0.3, -0.25) is 4.79 Å². The molecule has 4 aromatic rings. The standard InChI is InChI=1S/C20H14F2N4OS2/c1-10-17-18(12-7-6-11(21)8-13(12)22)28-9-16(27)24-19(17)26(25-10)20-23-14-4-2-3-5-15(14)29-20/h2-8,18H,9H2,1H3,(H,24,27)/t18-/m1/s1. The molecule has 5 nitrogen and oxygen atoms in total. The molecule has 3 heterocycles. The monoisotopic (exact) mass is 428 g/mol. The van der Waals surface area contributed by atoms with Crippen LogP contribution in [-0.4, -0.2) is 26.4 Å². The summed E-state index contributed by atoms with van der Waals surface area (Å²) >= 11 is 2.75. The minimum Gasteiger partial charge on any atom is -0.310 e. The summed E-state index contributed by atoms with van der Waals surface area (Å²) in [4.78, 5) is 17.0. The van der Waals surface area contributed by atoms with Crippen LogP contribution >= 0.6 is 23.1 Å². The molecule has 0 fully saturated rings. The maximum atomic E-state index is 14.6. The summed E-state index contributed by atoms with van der Waals surface area (Å²) in [6.45, 7) is 1.81. The lowest BCUT2D eigenvalue weighted by molar-refractivity contribution is -0.113. The molecule has 2 aromatic carbocycles. The van der Waals surface area contributed by atoms with Crippen LogP contribution in [0.2, 0.25) is 0 Å². The largest absolute Gasteiger partial charge is 0.310 e. The van der Waals surface area contributed by atoms with Crippen LogP contribution in [0.4, 0.5) is 14.6 Å². The van der Waals surface area contributed by atoms with Crippen LogP contribution in [0.25, 0.3) is 15.3 Å². The molecule has 0 aliphatic carbocycles. The number of amides is 1. The van der Waals surface area contributed by atoms with Crippen LogP contribution in [0.1, 0.15) is 22.1 Å². The van der Waals surface area contributed by atoms with Crippen molar-refractivity contribution < 1.29 is 13.6 Å². The molecule has 9 heteroatoms. The third-order valence-corrected chi connectivity index (χ3v) is 6.98. The minimum absolute atomic E-state index is 0.148. The SMILES string of the molecule is Cc1nn(-c2nc3ccccc3s2)c2c1[C@@H](c1ccc(F)cc1F)SCC(=O)N2. The molecule has 0 radical (unpaired) electrons. The highest BCUT2D eigenvalue weighted by Crippen LogP contribution is 2.45. The van der Waals surface area contributed by atoms with Gasteiger partial charge in [0.15, 0.2) is 0 Å². The molecular formula is C20H14F2N4OS2. The Labute approximate surface area is 172 Å². The molecule has 2 aromatic heterocycles. The second-order valence-corrected chi connectivity index (χ2v) is 8.73. The predicted molar refractivity (Wildman–Crippen MR) is 111 cm³/mol. The summed E-state index contributed by atoms with van der Waals surface area (Å²) in [6.07, 6.45) is 0. The Morgan fingerprint density at radius 3 is 2.83 bits per heavy atom. The van der Waals surface area contributed by atoms with Gasteiger partial charge in [0.25, 0.3) is 0 Å². The third kappa shape index (κ3) is 3.10. The average Bonchev–Trinajstić information content (AvgIpc) is 3.19. The van der Waals surface area contributed by atoms with Crippen LogP contribution in [-0.2, 0) is 4.79 Å². The Kier molecular flexibility index (Phi) is 4.36. The molecule has 0 bridgehead atoms. The van der Waals surface area contributed by atoms with Crippen molar-refractivity contribution in [3.8, 4) is 5.13 Å². The van der Waals surface area contributed by atoms with E-state index in [0.717, 1.165) is 16.3 Å². The van der Waals surface area contributed by atoms with E-state index in [2.05, 4.69) is 15.4 Å². The van der Waals surface area contributed by atoms with Crippen molar-refractivity contribution in [3.63, 3.8) is 0 Å². The molecule has 29 heavy (non-hydrogen) atoms. The van der Waals surface area contributed by atoms with Crippen LogP contribution in [0.15, 0.2) is 42.5 Å². The number of nitrogens with zero attached hydrogens (tertiary/aromatic N) is 3. The molecule has 0 unspecified atom stereocenters. The lowest BCUT2D eigenvalue weighted by atomic mass is 10.0. The Morgan fingerprint density at radius 2 is 2.03 bits per heavy atom. The molecule has 1 amide bonds. The van der Waals surface area contributed by atoms with Crippen molar-refractivity contribution in [2.75, 3.05) is 11.1 Å². The van der Waals surface area contributed by atoms with Crippen LogP contribution in [0.5, 0.6) is 0 Å². The number of anilines is 1. The number of fused-ring (bicyclic) bond motifs is 2. The molecule has 1 aliphatic rings. The highest BCUT2D eigenvalue weighted by molar-refractivity contribution is 8.00. The number of thiazole rings is 1. The number of benzene rings is 2. The number of aromatic nitrogens is 3. The zero-order valence-corrected chi connectivity index (χ0v) is 16.8. The van der Waals surface area contributed by atoms with Crippen molar-refractivity contribution in [2.24, 2.45) is 0 Å². The smallest absolute Gasteiger partial charge is 0.235 e. The van der Waals surface area contributed by atoms with Crippen LogP contribution < -0.4 is 5.32 Å². The van der Waals surface area contributed by atoms with Gasteiger partial charge in [-0.15, -0.1) is 11.8 Å². The van der Waals surface area contributed by atoms with Gasteiger partial charge in [-0.25, -0.2) is 13.8 Å². The van der Waals surface area contributed by atoms with Crippen molar-refractivity contribution in [2.45, 2.75) is 12.2 Å². The molecule has 1 aliphatic heterocycles. The number of aryl methyl sites for hydroxylation is 1. The van der Waals surface area contributed by atoms with Crippen molar-refractivity contribution in [1.82, 2.24) is 14.8 Å². The lowest BCUT2D eigenvalue weighted by Gasteiger charge is -2.16. The summed E-state index contributed by atoms with van der Waals surface area (Å²) in [5.41, 5.74) is 2.51. The van der Waals surface area contributed by atoms with Crippen LogP contribution in [0.3, 0.4) is 0 Å². The van der Waals surface area contributed by atoms with Crippen LogP contribution in [0, 0.1) is 18.6 Å². The third-order valence-electron chi connectivity index (χ3n) is 4.72. The fraction of sp³-hybridized carbons (Fsp3) is 0.150. The molecule has 0 saturated heterocycles. The number of thioether (sulfide) groups is 1. The van der Waals surface area contributed by atoms with Gasteiger partial charge < -0.3 is 5.32 Å². The number of rotatable bonds is 2. The number of halogens is 2. The van der Waals surface area contributed by atoms with Gasteiger partial charge >= 0.3 is 0 Å². The predicted octanol–water partition coefficient (Wildman–Crippen LogP) is 4.84. The van der Waals surface area contributed by atoms with E-state index in [1.165, 1.54) is 35.2 Å². The van der Waals surface area contributed by atoms with Gasteiger partial charge in [-0.1, -0.05) is 29.5 Å². The minimum atomic E-state index is -0.644. The van der Waals surface area contributed by atoms with Gasteiger partial charge in [0.05, 0.1) is 26.9 Å². The van der Waals surface area contributed by atoms with E-state index in [4.69, 9.17) is 0 Å². The van der Waals surface area contributed by atoms with E-state index >= 15 is 0 Å². The Morgan fingerprint density at radius 1 is 1.21 bits per heavy atom. The molecule has 1 atom stereocenters. The molecule has 0 spiro atoms.